The van der Waals surface area contributed by atoms with Crippen LogP contribution in [0.25, 0.3) is 0 Å². The van der Waals surface area contributed by atoms with E-state index in [0.29, 0.717) is 11.8 Å². The SMILES string of the molecule is CC(C)CN(CC(C)C)N=N.Cl.[H-].[Na+]. The second-order valence-electron chi connectivity index (χ2n) is 3.76. The molecule has 0 spiro atoms. The summed E-state index contributed by atoms with van der Waals surface area (Å²) in [4.78, 5) is 0. The third-order valence-electron chi connectivity index (χ3n) is 1.29. The minimum atomic E-state index is 0. The van der Waals surface area contributed by atoms with E-state index in [1.54, 1.807) is 0 Å². The molecular formula is C8H21ClN3Na. The largest absolute Gasteiger partial charge is 1.00 e. The molecule has 0 aliphatic heterocycles. The van der Waals surface area contributed by atoms with Crippen molar-refractivity contribution in [2.24, 2.45) is 17.1 Å². The first-order valence-electron chi connectivity index (χ1n) is 4.18. The Bertz CT molecular complexity index is 115. The van der Waals surface area contributed by atoms with Gasteiger partial charge in [-0.15, -0.1) is 12.4 Å². The molecule has 13 heavy (non-hydrogen) atoms. The Kier molecular flexibility index (Phi) is 16.0. The van der Waals surface area contributed by atoms with Crippen LogP contribution in [-0.2, 0) is 0 Å². The molecule has 1 N–H and O–H groups in total. The third-order valence-corrected chi connectivity index (χ3v) is 1.29. The van der Waals surface area contributed by atoms with E-state index in [9.17, 15) is 0 Å². The number of halogens is 1. The van der Waals surface area contributed by atoms with Gasteiger partial charge in [-0.25, -0.2) is 0 Å². The molecule has 0 radical (unpaired) electrons. The fourth-order valence-corrected chi connectivity index (χ4v) is 0.999. The van der Waals surface area contributed by atoms with Gasteiger partial charge in [0.1, 0.15) is 0 Å². The number of hydrogen-bond acceptors (Lipinski definition) is 2. The van der Waals surface area contributed by atoms with Gasteiger partial charge < -0.3 is 1.43 Å². The van der Waals surface area contributed by atoms with E-state index in [0.717, 1.165) is 13.1 Å². The third kappa shape index (κ3) is 12.7. The Morgan fingerprint density at radius 1 is 1.15 bits per heavy atom. The maximum Gasteiger partial charge on any atom is 1.00 e. The number of nitrogens with one attached hydrogen (secondary N) is 1. The number of hydrogen-bond donors (Lipinski definition) is 1. The van der Waals surface area contributed by atoms with E-state index >= 15 is 0 Å². The van der Waals surface area contributed by atoms with Crippen LogP contribution < -0.4 is 29.6 Å². The van der Waals surface area contributed by atoms with Crippen LogP contribution in [0.5, 0.6) is 0 Å². The van der Waals surface area contributed by atoms with Crippen molar-refractivity contribution >= 4 is 12.4 Å². The number of nitrogens with zero attached hydrogens (tertiary/aromatic N) is 2. The van der Waals surface area contributed by atoms with Gasteiger partial charge in [-0.2, -0.15) is 5.53 Å². The maximum absolute atomic E-state index is 6.90. The number of rotatable bonds is 5. The summed E-state index contributed by atoms with van der Waals surface area (Å²) in [5.41, 5.74) is 6.90. The zero-order valence-electron chi connectivity index (χ0n) is 10.4. The summed E-state index contributed by atoms with van der Waals surface area (Å²) in [6.07, 6.45) is 0. The maximum atomic E-state index is 6.90. The van der Waals surface area contributed by atoms with Gasteiger partial charge in [-0.3, -0.25) is 5.01 Å². The molecule has 76 valence electrons. The molecule has 0 heterocycles. The van der Waals surface area contributed by atoms with Crippen molar-refractivity contribution in [2.75, 3.05) is 13.1 Å². The van der Waals surface area contributed by atoms with Crippen LogP contribution in [0.1, 0.15) is 29.1 Å². The van der Waals surface area contributed by atoms with Crippen molar-refractivity contribution in [3.05, 3.63) is 0 Å². The molecule has 0 aromatic heterocycles. The van der Waals surface area contributed by atoms with Gasteiger partial charge in [0.15, 0.2) is 0 Å². The molecular weight excluding hydrogens is 197 g/mol. The first kappa shape index (κ1) is 19.3. The van der Waals surface area contributed by atoms with Gasteiger partial charge in [-0.1, -0.05) is 32.9 Å². The fourth-order valence-electron chi connectivity index (χ4n) is 0.999. The molecule has 0 aliphatic rings. The molecule has 0 bridgehead atoms. The van der Waals surface area contributed by atoms with Crippen molar-refractivity contribution in [3.63, 3.8) is 0 Å². The molecule has 0 aromatic rings. The van der Waals surface area contributed by atoms with Crippen LogP contribution in [0.4, 0.5) is 0 Å². The predicted octanol–water partition coefficient (Wildman–Crippen LogP) is 0.0847. The van der Waals surface area contributed by atoms with Crippen LogP contribution in [0.3, 0.4) is 0 Å². The van der Waals surface area contributed by atoms with E-state index in [1.165, 1.54) is 0 Å². The van der Waals surface area contributed by atoms with Gasteiger partial charge in [0.25, 0.3) is 0 Å². The van der Waals surface area contributed by atoms with E-state index in [2.05, 4.69) is 32.9 Å². The molecule has 0 saturated carbocycles. The minimum Gasteiger partial charge on any atom is -1.00 e. The Morgan fingerprint density at radius 3 is 1.62 bits per heavy atom. The Hall–Kier alpha value is 0.690. The van der Waals surface area contributed by atoms with Crippen molar-refractivity contribution in [2.45, 2.75) is 27.7 Å². The quantitative estimate of drug-likeness (QED) is 0.396. The molecule has 0 amide bonds. The van der Waals surface area contributed by atoms with Crippen LogP contribution in [-0.4, -0.2) is 18.1 Å². The van der Waals surface area contributed by atoms with Gasteiger partial charge in [0, 0.05) is 13.1 Å². The molecule has 0 aliphatic carbocycles. The molecule has 0 aromatic carbocycles. The first-order valence-corrected chi connectivity index (χ1v) is 4.18. The zero-order chi connectivity index (χ0) is 8.85. The normalized spacial score (nSPS) is 9.08. The van der Waals surface area contributed by atoms with Crippen LogP contribution >= 0.6 is 12.4 Å². The summed E-state index contributed by atoms with van der Waals surface area (Å²) in [5, 5.41) is 5.27. The topological polar surface area (TPSA) is 39.5 Å². The molecule has 0 atom stereocenters. The monoisotopic (exact) mass is 217 g/mol. The van der Waals surface area contributed by atoms with Gasteiger partial charge >= 0.3 is 29.6 Å². The van der Waals surface area contributed by atoms with Crippen molar-refractivity contribution in [3.8, 4) is 0 Å². The van der Waals surface area contributed by atoms with E-state index in [4.69, 9.17) is 5.53 Å². The minimum absolute atomic E-state index is 0. The molecule has 0 fully saturated rings. The van der Waals surface area contributed by atoms with Crippen LogP contribution in [0.15, 0.2) is 5.22 Å². The van der Waals surface area contributed by atoms with E-state index in [-0.39, 0.29) is 43.4 Å². The molecule has 3 nitrogen and oxygen atoms in total. The summed E-state index contributed by atoms with van der Waals surface area (Å²) in [5.74, 6) is 1.17. The molecule has 5 heteroatoms. The van der Waals surface area contributed by atoms with Gasteiger partial charge in [-0.05, 0) is 11.8 Å². The first-order chi connectivity index (χ1) is 5.06. The summed E-state index contributed by atoms with van der Waals surface area (Å²) in [7, 11) is 0. The van der Waals surface area contributed by atoms with Crippen molar-refractivity contribution < 1.29 is 31.0 Å². The summed E-state index contributed by atoms with van der Waals surface area (Å²) >= 11 is 0. The Balaban J connectivity index is -0.000000167. The van der Waals surface area contributed by atoms with E-state index < -0.39 is 0 Å². The summed E-state index contributed by atoms with van der Waals surface area (Å²) in [6, 6.07) is 0. The van der Waals surface area contributed by atoms with Crippen molar-refractivity contribution in [1.29, 1.82) is 5.53 Å². The van der Waals surface area contributed by atoms with Gasteiger partial charge in [0.2, 0.25) is 0 Å². The zero-order valence-corrected chi connectivity index (χ0v) is 12.2. The summed E-state index contributed by atoms with van der Waals surface area (Å²) in [6.45, 7) is 10.3. The van der Waals surface area contributed by atoms with E-state index in [1.807, 2.05) is 5.01 Å². The van der Waals surface area contributed by atoms with Crippen molar-refractivity contribution in [1.82, 2.24) is 5.01 Å². The smallest absolute Gasteiger partial charge is 1.00 e. The molecule has 0 unspecified atom stereocenters. The van der Waals surface area contributed by atoms with Crippen LogP contribution in [0, 0.1) is 17.4 Å². The molecule has 0 rings (SSSR count). The fraction of sp³-hybridized carbons (Fsp3) is 1.00. The summed E-state index contributed by atoms with van der Waals surface area (Å²) < 4.78 is 0. The molecule has 0 saturated heterocycles. The average Bonchev–Trinajstić information content (AvgIpc) is 1.84. The van der Waals surface area contributed by atoms with Crippen LogP contribution in [0.2, 0.25) is 0 Å². The Labute approximate surface area is 111 Å². The predicted molar refractivity (Wildman–Crippen MR) is 54.8 cm³/mol. The average molecular weight is 218 g/mol. The van der Waals surface area contributed by atoms with Gasteiger partial charge in [0.05, 0.1) is 0 Å². The second kappa shape index (κ2) is 10.8. The standard InChI is InChI=1S/C8H19N3.ClH.Na.H/c1-7(2)5-11(10-9)6-8(3)4;;;/h7-9H,5-6H2,1-4H3;1H;;/q;;+1;-1. The second-order valence-corrected chi connectivity index (χ2v) is 3.76. The Morgan fingerprint density at radius 2 is 1.46 bits per heavy atom.